The summed E-state index contributed by atoms with van der Waals surface area (Å²) in [6, 6.07) is 10.4. The monoisotopic (exact) mass is 319 g/mol. The number of halogens is 1. The minimum atomic E-state index is -3.10. The summed E-state index contributed by atoms with van der Waals surface area (Å²) in [5.41, 5.74) is 7.44. The second-order valence-electron chi connectivity index (χ2n) is 5.11. The van der Waals surface area contributed by atoms with E-state index in [9.17, 15) is 8.42 Å². The van der Waals surface area contributed by atoms with E-state index in [0.717, 1.165) is 13.1 Å². The Morgan fingerprint density at radius 1 is 1.30 bits per heavy atom. The van der Waals surface area contributed by atoms with Crippen molar-refractivity contribution < 1.29 is 8.42 Å². The number of likely N-dealkylation sites (tertiary alicyclic amines) is 1. The van der Waals surface area contributed by atoms with Gasteiger partial charge < -0.3 is 5.73 Å². The number of rotatable bonds is 5. The van der Waals surface area contributed by atoms with E-state index < -0.39 is 10.0 Å². The van der Waals surface area contributed by atoms with Crippen LogP contribution >= 0.6 is 12.4 Å². The van der Waals surface area contributed by atoms with Gasteiger partial charge in [-0.2, -0.15) is 0 Å². The third kappa shape index (κ3) is 5.03. The first-order valence-corrected chi connectivity index (χ1v) is 8.32. The summed E-state index contributed by atoms with van der Waals surface area (Å²) < 4.78 is 24.5. The molecule has 0 amide bonds. The molecule has 1 saturated heterocycles. The maximum absolute atomic E-state index is 11.0. The molecule has 0 aromatic heterocycles. The maximum atomic E-state index is 11.0. The topological polar surface area (TPSA) is 75.4 Å². The summed E-state index contributed by atoms with van der Waals surface area (Å²) in [5, 5.41) is 0. The molecule has 7 heteroatoms. The van der Waals surface area contributed by atoms with Crippen LogP contribution in [0.15, 0.2) is 30.3 Å². The van der Waals surface area contributed by atoms with E-state index in [2.05, 4.69) is 21.8 Å². The van der Waals surface area contributed by atoms with Gasteiger partial charge in [0.1, 0.15) is 0 Å². The fraction of sp³-hybridized carbons (Fsp3) is 0.538. The third-order valence-electron chi connectivity index (χ3n) is 3.46. The summed E-state index contributed by atoms with van der Waals surface area (Å²) in [4.78, 5) is 2.21. The molecule has 0 bridgehead atoms. The molecule has 0 unspecified atom stereocenters. The Morgan fingerprint density at radius 3 is 2.55 bits per heavy atom. The number of hydrogen-bond acceptors (Lipinski definition) is 4. The zero-order valence-corrected chi connectivity index (χ0v) is 13.2. The molecule has 1 aliphatic heterocycles. The van der Waals surface area contributed by atoms with Crippen LogP contribution in [0.25, 0.3) is 0 Å². The first-order valence-electron chi connectivity index (χ1n) is 6.43. The standard InChI is InChI=1S/C13H21N3O2S.ClH/c1-19(17,18)15-7-8-16-9-12(13(14)10-16)11-5-3-2-4-6-11;/h2-6,12-13,15H,7-10,14H2,1H3;1H/t12-,13+;/m0./s1. The van der Waals surface area contributed by atoms with Crippen molar-refractivity contribution in [2.45, 2.75) is 12.0 Å². The minimum Gasteiger partial charge on any atom is -0.326 e. The zero-order chi connectivity index (χ0) is 13.9. The van der Waals surface area contributed by atoms with Crippen molar-refractivity contribution in [2.24, 2.45) is 5.73 Å². The molecule has 1 aliphatic rings. The molecule has 0 radical (unpaired) electrons. The molecule has 20 heavy (non-hydrogen) atoms. The average Bonchev–Trinajstić information content (AvgIpc) is 2.70. The van der Waals surface area contributed by atoms with E-state index in [1.165, 1.54) is 11.8 Å². The molecule has 0 saturated carbocycles. The van der Waals surface area contributed by atoms with Crippen molar-refractivity contribution in [1.82, 2.24) is 9.62 Å². The molecular formula is C13H22ClN3O2S. The van der Waals surface area contributed by atoms with E-state index in [1.54, 1.807) is 0 Å². The number of hydrogen-bond donors (Lipinski definition) is 2. The smallest absolute Gasteiger partial charge is 0.208 e. The van der Waals surface area contributed by atoms with Crippen molar-refractivity contribution >= 4 is 22.4 Å². The molecule has 5 nitrogen and oxygen atoms in total. The Bertz CT molecular complexity index is 510. The highest BCUT2D eigenvalue weighted by Gasteiger charge is 2.30. The van der Waals surface area contributed by atoms with Gasteiger partial charge >= 0.3 is 0 Å². The van der Waals surface area contributed by atoms with E-state index in [-0.39, 0.29) is 18.4 Å². The van der Waals surface area contributed by atoms with Crippen LogP contribution in [-0.2, 0) is 10.0 Å². The van der Waals surface area contributed by atoms with Gasteiger partial charge in [-0.05, 0) is 5.56 Å². The van der Waals surface area contributed by atoms with Crippen LogP contribution in [0.2, 0.25) is 0 Å². The number of nitrogens with zero attached hydrogens (tertiary/aromatic N) is 1. The first-order chi connectivity index (χ1) is 8.96. The van der Waals surface area contributed by atoms with Gasteiger partial charge in [0.05, 0.1) is 6.26 Å². The molecule has 1 aromatic carbocycles. The molecule has 1 heterocycles. The van der Waals surface area contributed by atoms with Crippen LogP contribution in [0.1, 0.15) is 11.5 Å². The van der Waals surface area contributed by atoms with E-state index in [4.69, 9.17) is 5.73 Å². The van der Waals surface area contributed by atoms with Gasteiger partial charge in [0.25, 0.3) is 0 Å². The Hall–Kier alpha value is -0.660. The highest BCUT2D eigenvalue weighted by atomic mass is 35.5. The van der Waals surface area contributed by atoms with Gasteiger partial charge in [0.15, 0.2) is 0 Å². The fourth-order valence-electron chi connectivity index (χ4n) is 2.54. The Morgan fingerprint density at radius 2 is 1.95 bits per heavy atom. The second kappa shape index (κ2) is 7.38. The maximum Gasteiger partial charge on any atom is 0.208 e. The van der Waals surface area contributed by atoms with Crippen molar-refractivity contribution in [3.63, 3.8) is 0 Å². The van der Waals surface area contributed by atoms with E-state index in [0.29, 0.717) is 19.0 Å². The average molecular weight is 320 g/mol. The lowest BCUT2D eigenvalue weighted by Gasteiger charge is -2.16. The lowest BCUT2D eigenvalue weighted by molar-refractivity contribution is 0.336. The molecule has 114 valence electrons. The predicted octanol–water partition coefficient (Wildman–Crippen LogP) is 0.384. The minimum absolute atomic E-state index is 0. The largest absolute Gasteiger partial charge is 0.326 e. The number of nitrogens with two attached hydrogens (primary N) is 1. The fourth-order valence-corrected chi connectivity index (χ4v) is 3.00. The second-order valence-corrected chi connectivity index (χ2v) is 6.94. The van der Waals surface area contributed by atoms with Gasteiger partial charge in [0.2, 0.25) is 10.0 Å². The van der Waals surface area contributed by atoms with Crippen LogP contribution < -0.4 is 10.5 Å². The van der Waals surface area contributed by atoms with Crippen LogP contribution in [0.3, 0.4) is 0 Å². The highest BCUT2D eigenvalue weighted by Crippen LogP contribution is 2.25. The van der Waals surface area contributed by atoms with Gasteiger partial charge in [-0.3, -0.25) is 4.90 Å². The molecule has 2 rings (SSSR count). The quantitative estimate of drug-likeness (QED) is 0.823. The van der Waals surface area contributed by atoms with Crippen molar-refractivity contribution in [1.29, 1.82) is 0 Å². The number of benzene rings is 1. The molecule has 2 atom stereocenters. The molecule has 1 fully saturated rings. The van der Waals surface area contributed by atoms with E-state index in [1.807, 2.05) is 18.2 Å². The van der Waals surface area contributed by atoms with Crippen molar-refractivity contribution in [2.75, 3.05) is 32.4 Å². The predicted molar refractivity (Wildman–Crippen MR) is 83.7 cm³/mol. The molecule has 0 spiro atoms. The van der Waals surface area contributed by atoms with Gasteiger partial charge in [0, 0.05) is 38.1 Å². The summed E-state index contributed by atoms with van der Waals surface area (Å²) in [5.74, 6) is 0.333. The summed E-state index contributed by atoms with van der Waals surface area (Å²) >= 11 is 0. The lowest BCUT2D eigenvalue weighted by atomic mass is 9.95. The Labute approximate surface area is 127 Å². The zero-order valence-electron chi connectivity index (χ0n) is 11.5. The normalized spacial score (nSPS) is 23.5. The van der Waals surface area contributed by atoms with Crippen LogP contribution in [-0.4, -0.2) is 51.8 Å². The van der Waals surface area contributed by atoms with Crippen LogP contribution in [0, 0.1) is 0 Å². The molecule has 1 aromatic rings. The summed E-state index contributed by atoms with van der Waals surface area (Å²) in [6.07, 6.45) is 1.18. The first kappa shape index (κ1) is 17.4. The SMILES string of the molecule is CS(=O)(=O)NCCN1C[C@@H](N)[C@H](c2ccccc2)C1.Cl. The van der Waals surface area contributed by atoms with Crippen LogP contribution in [0.5, 0.6) is 0 Å². The Kier molecular flexibility index (Phi) is 6.42. The van der Waals surface area contributed by atoms with Crippen molar-refractivity contribution in [3.8, 4) is 0 Å². The number of sulfonamides is 1. The molecule has 0 aliphatic carbocycles. The third-order valence-corrected chi connectivity index (χ3v) is 4.19. The molecular weight excluding hydrogens is 298 g/mol. The summed E-state index contributed by atoms with van der Waals surface area (Å²) in [7, 11) is -3.10. The lowest BCUT2D eigenvalue weighted by Crippen LogP contribution is -2.34. The highest BCUT2D eigenvalue weighted by molar-refractivity contribution is 7.88. The van der Waals surface area contributed by atoms with Gasteiger partial charge in [-0.1, -0.05) is 30.3 Å². The van der Waals surface area contributed by atoms with Crippen molar-refractivity contribution in [3.05, 3.63) is 35.9 Å². The van der Waals surface area contributed by atoms with E-state index >= 15 is 0 Å². The van der Waals surface area contributed by atoms with Gasteiger partial charge in [-0.25, -0.2) is 13.1 Å². The molecule has 3 N–H and O–H groups in total. The number of nitrogens with one attached hydrogen (secondary N) is 1. The summed E-state index contributed by atoms with van der Waals surface area (Å²) in [6.45, 7) is 2.83. The Balaban J connectivity index is 0.00000200. The van der Waals surface area contributed by atoms with Crippen LogP contribution in [0.4, 0.5) is 0 Å². The van der Waals surface area contributed by atoms with Gasteiger partial charge in [-0.15, -0.1) is 12.4 Å².